The van der Waals surface area contributed by atoms with E-state index in [1.54, 1.807) is 0 Å². The molecule has 1 N–H and O–H groups in total. The molecule has 2 saturated heterocycles. The summed E-state index contributed by atoms with van der Waals surface area (Å²) in [5.41, 5.74) is -0.894. The van der Waals surface area contributed by atoms with Crippen LogP contribution in [0.1, 0.15) is 60.3 Å². The zero-order chi connectivity index (χ0) is 19.9. The zero-order valence-corrected chi connectivity index (χ0v) is 17.7. The molecule has 0 aromatic heterocycles. The number of ether oxygens (including phenoxy) is 3. The smallest absolute Gasteiger partial charge is 0.163 e. The van der Waals surface area contributed by atoms with Crippen molar-refractivity contribution in [2.75, 3.05) is 6.61 Å². The minimum atomic E-state index is -0.675. The number of aliphatic hydroxyl groups excluding tert-OH is 1. The normalized spacial score (nSPS) is 60.3. The molecule has 6 aliphatic rings. The molecule has 2 heterocycles. The summed E-state index contributed by atoms with van der Waals surface area (Å²) < 4.78 is 19.6. The van der Waals surface area contributed by atoms with Crippen LogP contribution in [0.15, 0.2) is 0 Å². The van der Waals surface area contributed by atoms with Gasteiger partial charge >= 0.3 is 0 Å². The van der Waals surface area contributed by atoms with E-state index >= 15 is 0 Å². The Hall–Kier alpha value is -0.490. The van der Waals surface area contributed by atoms with E-state index in [9.17, 15) is 9.90 Å². The molecular formula is C23H34O5. The van der Waals surface area contributed by atoms with Crippen LogP contribution in [0.5, 0.6) is 0 Å². The Kier molecular flexibility index (Phi) is 3.29. The molecule has 0 aromatic rings. The van der Waals surface area contributed by atoms with Crippen LogP contribution in [-0.2, 0) is 19.0 Å². The van der Waals surface area contributed by atoms with Crippen molar-refractivity contribution in [3.63, 3.8) is 0 Å². The maximum atomic E-state index is 13.9. The van der Waals surface area contributed by atoms with Gasteiger partial charge in [-0.05, 0) is 56.8 Å². The van der Waals surface area contributed by atoms with Crippen molar-refractivity contribution in [3.8, 4) is 0 Å². The molecule has 0 aromatic carbocycles. The lowest BCUT2D eigenvalue weighted by molar-refractivity contribution is -0.384. The molecule has 6 fully saturated rings. The minimum Gasteiger partial charge on any atom is -0.392 e. The third-order valence-electron chi connectivity index (χ3n) is 9.95. The minimum absolute atomic E-state index is 0.00752. The summed E-state index contributed by atoms with van der Waals surface area (Å²) in [4.78, 5) is 13.9. The summed E-state index contributed by atoms with van der Waals surface area (Å²) in [6.07, 6.45) is 2.87. The van der Waals surface area contributed by atoms with Crippen LogP contribution in [0.4, 0.5) is 0 Å². The number of Topliss-reactive ketones (excluding diaryl/α,β-unsaturated/α-hetero) is 1. The standard InChI is InChI=1S/C23H34O5/c1-11-12-8-13-17-22(10-26-13)14(20(2,3)7-6-15(22)24)9-16-23(17,18(11)25)19(12)28-21(4,5)27-16/h11-17,19,24H,6-10H2,1-5H3/t11-,12+,13+,14-,15-,16-,17+,19-,22+,23-/m1/s1. The van der Waals surface area contributed by atoms with Crippen molar-refractivity contribution < 1.29 is 24.1 Å². The fraction of sp³-hybridized carbons (Fsp3) is 0.957. The van der Waals surface area contributed by atoms with Gasteiger partial charge in [-0.25, -0.2) is 0 Å². The highest BCUT2D eigenvalue weighted by Crippen LogP contribution is 2.75. The van der Waals surface area contributed by atoms with Crippen LogP contribution >= 0.6 is 0 Å². The number of carbonyl (C=O) groups is 1. The van der Waals surface area contributed by atoms with E-state index in [4.69, 9.17) is 14.2 Å². The van der Waals surface area contributed by atoms with Gasteiger partial charge in [0.15, 0.2) is 5.79 Å². The number of carbonyl (C=O) groups excluding carboxylic acids is 1. The van der Waals surface area contributed by atoms with Crippen LogP contribution < -0.4 is 0 Å². The summed E-state index contributed by atoms with van der Waals surface area (Å²) >= 11 is 0. The first-order valence-corrected chi connectivity index (χ1v) is 11.3. The Morgan fingerprint density at radius 2 is 1.86 bits per heavy atom. The van der Waals surface area contributed by atoms with E-state index in [-0.39, 0.29) is 46.9 Å². The first kappa shape index (κ1) is 18.3. The average Bonchev–Trinajstić information content (AvgIpc) is 3.06. The lowest BCUT2D eigenvalue weighted by Gasteiger charge is -2.68. The number of aliphatic hydroxyl groups is 1. The molecule has 4 saturated carbocycles. The van der Waals surface area contributed by atoms with Gasteiger partial charge in [0.05, 0.1) is 36.4 Å². The molecule has 6 rings (SSSR count). The third kappa shape index (κ3) is 1.75. The Balaban J connectivity index is 1.61. The molecule has 0 amide bonds. The van der Waals surface area contributed by atoms with Gasteiger partial charge < -0.3 is 19.3 Å². The van der Waals surface area contributed by atoms with Crippen LogP contribution in [0.25, 0.3) is 0 Å². The highest BCUT2D eigenvalue weighted by molar-refractivity contribution is 5.92. The van der Waals surface area contributed by atoms with Gasteiger partial charge in [-0.1, -0.05) is 20.8 Å². The molecule has 0 radical (unpaired) electrons. The lowest BCUT2D eigenvalue weighted by atomic mass is 9.39. The Morgan fingerprint density at radius 1 is 1.11 bits per heavy atom. The predicted octanol–water partition coefficient (Wildman–Crippen LogP) is 2.93. The third-order valence-corrected chi connectivity index (χ3v) is 9.95. The van der Waals surface area contributed by atoms with E-state index < -0.39 is 17.3 Å². The largest absolute Gasteiger partial charge is 0.392 e. The Bertz CT molecular complexity index is 745. The zero-order valence-electron chi connectivity index (χ0n) is 17.7. The summed E-state index contributed by atoms with van der Waals surface area (Å²) in [6.45, 7) is 11.3. The Labute approximate surface area is 167 Å². The van der Waals surface area contributed by atoms with E-state index in [0.29, 0.717) is 18.3 Å². The van der Waals surface area contributed by atoms with Crippen molar-refractivity contribution in [3.05, 3.63) is 0 Å². The molecule has 2 bridgehead atoms. The summed E-state index contributed by atoms with van der Waals surface area (Å²) in [6, 6.07) is 0. The molecule has 5 heteroatoms. The number of hydrogen-bond acceptors (Lipinski definition) is 5. The van der Waals surface area contributed by atoms with Gasteiger partial charge in [-0.2, -0.15) is 0 Å². The van der Waals surface area contributed by atoms with Crippen molar-refractivity contribution in [1.29, 1.82) is 0 Å². The van der Waals surface area contributed by atoms with Crippen LogP contribution in [-0.4, -0.2) is 47.7 Å². The van der Waals surface area contributed by atoms with Crippen molar-refractivity contribution in [2.24, 2.45) is 39.9 Å². The molecule has 4 aliphatic carbocycles. The van der Waals surface area contributed by atoms with Crippen molar-refractivity contribution in [1.82, 2.24) is 0 Å². The number of hydrogen-bond donors (Lipinski definition) is 1. The van der Waals surface area contributed by atoms with E-state index in [0.717, 1.165) is 25.7 Å². The SMILES string of the molecule is C[C@H]1C(=O)[C@@]23[C@@H]4OC(C)(C)O[C@@H]2C[C@@H]2C(C)(C)CC[C@@H](O)[C@]25CO[C@@H](C[C@H]41)[C@@H]53. The first-order valence-electron chi connectivity index (χ1n) is 11.3. The molecule has 156 valence electrons. The number of ketones is 1. The average molecular weight is 391 g/mol. The van der Waals surface area contributed by atoms with E-state index in [1.807, 2.05) is 13.8 Å². The second-order valence-electron chi connectivity index (χ2n) is 11.8. The van der Waals surface area contributed by atoms with Crippen LogP contribution in [0, 0.1) is 39.9 Å². The highest BCUT2D eigenvalue weighted by atomic mass is 16.7. The molecule has 5 nitrogen and oxygen atoms in total. The van der Waals surface area contributed by atoms with Gasteiger partial charge in [-0.3, -0.25) is 4.79 Å². The molecule has 28 heavy (non-hydrogen) atoms. The summed E-state index contributed by atoms with van der Waals surface area (Å²) in [5, 5.41) is 11.4. The lowest BCUT2D eigenvalue weighted by Crippen LogP contribution is -2.75. The topological polar surface area (TPSA) is 65.0 Å². The van der Waals surface area contributed by atoms with Crippen molar-refractivity contribution >= 4 is 5.78 Å². The molecule has 10 atom stereocenters. The van der Waals surface area contributed by atoms with Gasteiger partial charge in [-0.15, -0.1) is 0 Å². The van der Waals surface area contributed by atoms with Gasteiger partial charge in [0, 0.05) is 17.3 Å². The fourth-order valence-corrected chi connectivity index (χ4v) is 9.04. The van der Waals surface area contributed by atoms with Crippen LogP contribution in [0.3, 0.4) is 0 Å². The van der Waals surface area contributed by atoms with Crippen molar-refractivity contribution in [2.45, 2.75) is 90.5 Å². The van der Waals surface area contributed by atoms with E-state index in [2.05, 4.69) is 20.8 Å². The summed E-state index contributed by atoms with van der Waals surface area (Å²) in [7, 11) is 0. The highest BCUT2D eigenvalue weighted by Gasteiger charge is 2.83. The van der Waals surface area contributed by atoms with Gasteiger partial charge in [0.25, 0.3) is 0 Å². The van der Waals surface area contributed by atoms with Gasteiger partial charge in [0.2, 0.25) is 0 Å². The predicted molar refractivity (Wildman–Crippen MR) is 101 cm³/mol. The summed E-state index contributed by atoms with van der Waals surface area (Å²) in [5.74, 6) is 0.110. The quantitative estimate of drug-likeness (QED) is 0.689. The number of rotatable bonds is 0. The maximum absolute atomic E-state index is 13.9. The van der Waals surface area contributed by atoms with E-state index in [1.165, 1.54) is 0 Å². The second-order valence-corrected chi connectivity index (χ2v) is 11.8. The second kappa shape index (κ2) is 5.04. The maximum Gasteiger partial charge on any atom is 0.163 e. The van der Waals surface area contributed by atoms with Gasteiger partial charge in [0.1, 0.15) is 5.78 Å². The monoisotopic (exact) mass is 390 g/mol. The fourth-order valence-electron chi connectivity index (χ4n) is 9.04. The first-order chi connectivity index (χ1) is 13.1. The Morgan fingerprint density at radius 3 is 2.61 bits per heavy atom. The molecular weight excluding hydrogens is 356 g/mol. The van der Waals surface area contributed by atoms with Crippen LogP contribution in [0.2, 0.25) is 0 Å². The molecule has 0 unspecified atom stereocenters. The molecule has 2 spiro atoms. The molecule has 2 aliphatic heterocycles.